The summed E-state index contributed by atoms with van der Waals surface area (Å²) in [4.78, 5) is 13.2. The van der Waals surface area contributed by atoms with E-state index in [0.717, 1.165) is 63.5 Å². The number of benzene rings is 1. The maximum atomic E-state index is 5.41. The predicted molar refractivity (Wildman–Crippen MR) is 105 cm³/mol. The van der Waals surface area contributed by atoms with Gasteiger partial charge in [-0.3, -0.25) is 0 Å². The second-order valence-corrected chi connectivity index (χ2v) is 7.44. The van der Waals surface area contributed by atoms with Crippen molar-refractivity contribution >= 4 is 51.4 Å². The van der Waals surface area contributed by atoms with Gasteiger partial charge in [-0.2, -0.15) is 0 Å². The average molecular weight is 469 g/mol. The first-order chi connectivity index (χ1) is 12.3. The number of aromatic nitrogens is 2. The highest BCUT2D eigenvalue weighted by Crippen LogP contribution is 2.26. The molecule has 25 heavy (non-hydrogen) atoms. The van der Waals surface area contributed by atoms with Gasteiger partial charge in [-0.1, -0.05) is 22.5 Å². The molecule has 0 atom stereocenters. The molecule has 4 rings (SSSR count). The zero-order chi connectivity index (χ0) is 17.1. The Morgan fingerprint density at radius 1 is 1.16 bits per heavy atom. The van der Waals surface area contributed by atoms with Gasteiger partial charge in [-0.05, 0) is 40.8 Å². The molecule has 1 fully saturated rings. The van der Waals surface area contributed by atoms with Crippen LogP contribution in [0.4, 0.5) is 5.69 Å². The third kappa shape index (κ3) is 3.86. The van der Waals surface area contributed by atoms with Crippen molar-refractivity contribution in [2.45, 2.75) is 4.90 Å². The topological polar surface area (TPSA) is 48.8 Å². The van der Waals surface area contributed by atoms with Crippen molar-refractivity contribution in [2.24, 2.45) is 0 Å². The Morgan fingerprint density at radius 3 is 2.76 bits per heavy atom. The molecule has 0 aliphatic carbocycles. The summed E-state index contributed by atoms with van der Waals surface area (Å²) >= 11 is 3.45. The lowest BCUT2D eigenvalue weighted by Crippen LogP contribution is -2.36. The van der Waals surface area contributed by atoms with E-state index in [-0.39, 0.29) is 0 Å². The van der Waals surface area contributed by atoms with E-state index in [2.05, 4.69) is 38.5 Å². The van der Waals surface area contributed by atoms with Crippen LogP contribution in [0.3, 0.4) is 0 Å². The van der Waals surface area contributed by atoms with Gasteiger partial charge >= 0.3 is 0 Å². The van der Waals surface area contributed by atoms with Crippen molar-refractivity contribution in [1.82, 2.24) is 9.71 Å². The number of anilines is 1. The molecule has 3 aromatic rings. The van der Waals surface area contributed by atoms with E-state index in [1.54, 1.807) is 4.73 Å². The van der Waals surface area contributed by atoms with E-state index < -0.39 is 0 Å². The number of morpholine rings is 1. The lowest BCUT2D eigenvalue weighted by Gasteiger charge is -2.28. The highest BCUT2D eigenvalue weighted by Gasteiger charge is 2.15. The first-order valence-corrected chi connectivity index (χ1v) is 9.69. The minimum Gasteiger partial charge on any atom is -0.378 e. The van der Waals surface area contributed by atoms with Crippen LogP contribution >= 0.6 is 34.6 Å². The van der Waals surface area contributed by atoms with E-state index in [1.807, 2.05) is 42.7 Å². The number of rotatable bonds is 5. The molecule has 1 aromatic carbocycles. The van der Waals surface area contributed by atoms with Crippen LogP contribution in [0.2, 0.25) is 0 Å². The molecule has 0 saturated carbocycles. The molecule has 1 saturated heterocycles. The second-order valence-electron chi connectivity index (χ2n) is 5.51. The first kappa shape index (κ1) is 17.0. The van der Waals surface area contributed by atoms with Gasteiger partial charge in [0.05, 0.1) is 43.3 Å². The number of halogens is 1. The third-order valence-electron chi connectivity index (χ3n) is 3.91. The summed E-state index contributed by atoms with van der Waals surface area (Å²) in [6.07, 6.45) is 3.74. The molecule has 0 amide bonds. The molecule has 0 N–H and O–H groups in total. The number of ether oxygens (including phenoxy) is 1. The fourth-order valence-electron chi connectivity index (χ4n) is 2.65. The zero-order valence-electron chi connectivity index (χ0n) is 13.3. The number of hydrogen-bond acceptors (Lipinski definition) is 6. The van der Waals surface area contributed by atoms with Gasteiger partial charge in [0.25, 0.3) is 0 Å². The van der Waals surface area contributed by atoms with Crippen molar-refractivity contribution in [3.05, 3.63) is 52.4 Å². The Bertz CT molecular complexity index is 853. The standard InChI is InChI=1S/C17H16IN3O3S/c18-16-12-21(23-24-25-14-4-2-1-3-5-14)17-15(16)10-13(11-19-17)20-6-8-22-9-7-20/h1-5,10-12H,6-9H2. The van der Waals surface area contributed by atoms with Crippen LogP contribution in [-0.2, 0) is 9.07 Å². The lowest BCUT2D eigenvalue weighted by atomic mass is 10.3. The molecule has 0 bridgehead atoms. The molecule has 1 aliphatic rings. The minimum atomic E-state index is 0.732. The van der Waals surface area contributed by atoms with Gasteiger partial charge in [-0.15, -0.1) is 4.73 Å². The minimum absolute atomic E-state index is 0.732. The Hall–Kier alpha value is -1.49. The van der Waals surface area contributed by atoms with Crippen LogP contribution in [0.25, 0.3) is 11.0 Å². The van der Waals surface area contributed by atoms with Crippen LogP contribution < -0.4 is 9.89 Å². The summed E-state index contributed by atoms with van der Waals surface area (Å²) in [7, 11) is 0. The van der Waals surface area contributed by atoms with Crippen molar-refractivity contribution in [3.63, 3.8) is 0 Å². The van der Waals surface area contributed by atoms with Crippen molar-refractivity contribution < 1.29 is 14.1 Å². The van der Waals surface area contributed by atoms with E-state index in [1.165, 1.54) is 0 Å². The zero-order valence-corrected chi connectivity index (χ0v) is 16.3. The molecular formula is C17H16IN3O3S. The number of hydrogen-bond donors (Lipinski definition) is 0. The van der Waals surface area contributed by atoms with Gasteiger partial charge in [0.1, 0.15) is 0 Å². The Labute approximate surface area is 163 Å². The van der Waals surface area contributed by atoms with Gasteiger partial charge in [0.2, 0.25) is 0 Å². The van der Waals surface area contributed by atoms with Gasteiger partial charge in [-0.25, -0.2) is 9.97 Å². The Morgan fingerprint density at radius 2 is 1.96 bits per heavy atom. The molecule has 130 valence electrons. The normalized spacial score (nSPS) is 14.8. The molecule has 6 nitrogen and oxygen atoms in total. The summed E-state index contributed by atoms with van der Waals surface area (Å²) in [5.74, 6) is 0. The quantitative estimate of drug-likeness (QED) is 0.247. The summed E-state index contributed by atoms with van der Waals surface area (Å²) in [6.45, 7) is 3.28. The highest BCUT2D eigenvalue weighted by molar-refractivity contribution is 14.1. The van der Waals surface area contributed by atoms with Crippen LogP contribution in [0, 0.1) is 3.57 Å². The number of pyridine rings is 1. The smallest absolute Gasteiger partial charge is 0.180 e. The average Bonchev–Trinajstić information content (AvgIpc) is 2.99. The van der Waals surface area contributed by atoms with Crippen molar-refractivity contribution in [3.8, 4) is 0 Å². The fraction of sp³-hybridized carbons (Fsp3) is 0.235. The maximum Gasteiger partial charge on any atom is 0.180 e. The van der Waals surface area contributed by atoms with Gasteiger partial charge < -0.3 is 9.64 Å². The van der Waals surface area contributed by atoms with Crippen LogP contribution in [0.5, 0.6) is 0 Å². The SMILES string of the molecule is Ic1cn(OOSc2ccccc2)c2ncc(N3CCOCC3)cc12. The lowest BCUT2D eigenvalue weighted by molar-refractivity contribution is -0.188. The summed E-state index contributed by atoms with van der Waals surface area (Å²) in [5.41, 5.74) is 1.83. The molecule has 0 radical (unpaired) electrons. The Balaban J connectivity index is 1.50. The summed E-state index contributed by atoms with van der Waals surface area (Å²) in [5, 5.41) is 1.04. The van der Waals surface area contributed by atoms with Crippen molar-refractivity contribution in [2.75, 3.05) is 31.2 Å². The molecule has 1 aliphatic heterocycles. The van der Waals surface area contributed by atoms with E-state index >= 15 is 0 Å². The molecule has 0 unspecified atom stereocenters. The van der Waals surface area contributed by atoms with E-state index in [0.29, 0.717) is 0 Å². The number of nitrogens with zero attached hydrogens (tertiary/aromatic N) is 3. The predicted octanol–water partition coefficient (Wildman–Crippen LogP) is 3.55. The van der Waals surface area contributed by atoms with E-state index in [9.17, 15) is 0 Å². The van der Waals surface area contributed by atoms with Crippen LogP contribution in [-0.4, -0.2) is 36.0 Å². The molecule has 8 heteroatoms. The third-order valence-corrected chi connectivity index (χ3v) is 5.36. The summed E-state index contributed by atoms with van der Waals surface area (Å²) < 4.78 is 13.3. The molecule has 2 aromatic heterocycles. The fourth-order valence-corrected chi connectivity index (χ4v) is 3.74. The van der Waals surface area contributed by atoms with Crippen LogP contribution in [0.15, 0.2) is 53.7 Å². The Kier molecular flexibility index (Phi) is 5.30. The van der Waals surface area contributed by atoms with Gasteiger partial charge in [0.15, 0.2) is 5.65 Å². The second kappa shape index (κ2) is 7.81. The number of fused-ring (bicyclic) bond motifs is 1. The highest BCUT2D eigenvalue weighted by atomic mass is 127. The van der Waals surface area contributed by atoms with Crippen LogP contribution in [0.1, 0.15) is 0 Å². The molecule has 0 spiro atoms. The molecule has 3 heterocycles. The molecular weight excluding hydrogens is 453 g/mol. The first-order valence-electron chi connectivity index (χ1n) is 7.87. The van der Waals surface area contributed by atoms with E-state index in [4.69, 9.17) is 14.1 Å². The van der Waals surface area contributed by atoms with Crippen molar-refractivity contribution in [1.29, 1.82) is 0 Å². The largest absolute Gasteiger partial charge is 0.378 e. The van der Waals surface area contributed by atoms with Gasteiger partial charge in [0, 0.05) is 26.9 Å². The maximum absolute atomic E-state index is 5.41. The summed E-state index contributed by atoms with van der Waals surface area (Å²) in [6, 6.07) is 11.9. The monoisotopic (exact) mass is 469 g/mol.